The first kappa shape index (κ1) is 25.1. The van der Waals surface area contributed by atoms with E-state index < -0.39 is 0 Å². The van der Waals surface area contributed by atoms with E-state index in [0.717, 1.165) is 62.5 Å². The second-order valence-corrected chi connectivity index (χ2v) is 11.7. The van der Waals surface area contributed by atoms with Crippen LogP contribution in [0.25, 0.3) is 32.3 Å². The van der Waals surface area contributed by atoms with Gasteiger partial charge in [0.15, 0.2) is 23.0 Å². The predicted molar refractivity (Wildman–Crippen MR) is 188 cm³/mol. The zero-order valence-corrected chi connectivity index (χ0v) is 24.7. The number of hydrogen-bond donors (Lipinski definition) is 0. The highest BCUT2D eigenvalue weighted by Crippen LogP contribution is 2.55. The Morgan fingerprint density at radius 2 is 0.609 bits per heavy atom. The second kappa shape index (κ2) is 9.62. The number of ether oxygens (including phenoxy) is 2. The number of fused-ring (bicyclic) bond motifs is 9. The highest BCUT2D eigenvalue weighted by molar-refractivity contribution is 6.26. The lowest BCUT2D eigenvalue weighted by Gasteiger charge is -2.35. The Morgan fingerprint density at radius 3 is 0.978 bits per heavy atom. The molecule has 2 aliphatic rings. The zero-order chi connectivity index (χ0) is 30.2. The number of anilines is 6. The smallest absolute Gasteiger partial charge is 0.151 e. The quantitative estimate of drug-likeness (QED) is 0.187. The maximum Gasteiger partial charge on any atom is 0.151 e. The zero-order valence-electron chi connectivity index (χ0n) is 24.7. The fourth-order valence-electron chi connectivity index (χ4n) is 7.24. The molecule has 0 aromatic heterocycles. The molecule has 0 atom stereocenters. The van der Waals surface area contributed by atoms with Crippen molar-refractivity contribution in [3.8, 4) is 23.0 Å². The van der Waals surface area contributed by atoms with Gasteiger partial charge in [-0.05, 0) is 82.2 Å². The molecule has 8 aromatic rings. The molecule has 216 valence electrons. The summed E-state index contributed by atoms with van der Waals surface area (Å²) in [6.45, 7) is 0. The van der Waals surface area contributed by atoms with Gasteiger partial charge in [0.2, 0.25) is 0 Å². The summed E-state index contributed by atoms with van der Waals surface area (Å²) in [6, 6.07) is 55.4. The van der Waals surface area contributed by atoms with E-state index in [2.05, 4.69) is 119 Å². The van der Waals surface area contributed by atoms with Crippen molar-refractivity contribution in [2.24, 2.45) is 0 Å². The van der Waals surface area contributed by atoms with Crippen molar-refractivity contribution >= 4 is 66.4 Å². The standard InChI is InChI=1S/C42H26N2O2/c1-3-15-30-28(13-1)36(43-32-17-5-9-21-38(32)45-39-22-10-6-18-33(39)43)25-27-26-37(29-14-2-4-16-31(29)42(27)30)44-34-19-7-11-23-40(34)46-41-24-12-8-20-35(41)44/h1-26H. The fraction of sp³-hybridized carbons (Fsp3) is 0. The normalized spacial score (nSPS) is 13.0. The van der Waals surface area contributed by atoms with Crippen molar-refractivity contribution in [2.75, 3.05) is 9.80 Å². The van der Waals surface area contributed by atoms with E-state index in [1.165, 1.54) is 26.9 Å². The lowest BCUT2D eigenvalue weighted by Crippen LogP contribution is -2.17. The van der Waals surface area contributed by atoms with Crippen LogP contribution in [-0.4, -0.2) is 0 Å². The molecular formula is C42H26N2O2. The Labute approximate surface area is 265 Å². The van der Waals surface area contributed by atoms with Crippen molar-refractivity contribution in [1.29, 1.82) is 0 Å². The van der Waals surface area contributed by atoms with Crippen LogP contribution in [0.3, 0.4) is 0 Å². The van der Waals surface area contributed by atoms with Crippen LogP contribution in [0.1, 0.15) is 0 Å². The summed E-state index contributed by atoms with van der Waals surface area (Å²) in [4.78, 5) is 4.70. The Hall–Kier alpha value is -6.26. The average molecular weight is 591 g/mol. The van der Waals surface area contributed by atoms with Crippen molar-refractivity contribution in [1.82, 2.24) is 0 Å². The molecule has 10 rings (SSSR count). The molecule has 0 unspecified atom stereocenters. The summed E-state index contributed by atoms with van der Waals surface area (Å²) in [7, 11) is 0. The lowest BCUT2D eigenvalue weighted by molar-refractivity contribution is 0.477. The molecule has 2 aliphatic heterocycles. The number of benzene rings is 8. The van der Waals surface area contributed by atoms with E-state index in [4.69, 9.17) is 9.47 Å². The van der Waals surface area contributed by atoms with Gasteiger partial charge in [-0.2, -0.15) is 0 Å². The van der Waals surface area contributed by atoms with Gasteiger partial charge < -0.3 is 19.3 Å². The fourth-order valence-corrected chi connectivity index (χ4v) is 7.24. The van der Waals surface area contributed by atoms with E-state index in [-0.39, 0.29) is 0 Å². The molecule has 0 saturated heterocycles. The monoisotopic (exact) mass is 590 g/mol. The van der Waals surface area contributed by atoms with E-state index in [0.29, 0.717) is 0 Å². The topological polar surface area (TPSA) is 24.9 Å². The Morgan fingerprint density at radius 1 is 0.304 bits per heavy atom. The van der Waals surface area contributed by atoms with Gasteiger partial charge in [-0.15, -0.1) is 0 Å². The van der Waals surface area contributed by atoms with Crippen molar-refractivity contribution < 1.29 is 9.47 Å². The van der Waals surface area contributed by atoms with E-state index in [1.54, 1.807) is 0 Å². The Kier molecular flexibility index (Phi) is 5.25. The number of nitrogens with zero attached hydrogens (tertiary/aromatic N) is 2. The molecule has 46 heavy (non-hydrogen) atoms. The molecule has 2 heterocycles. The summed E-state index contributed by atoms with van der Waals surface area (Å²) >= 11 is 0. The average Bonchev–Trinajstić information content (AvgIpc) is 3.12. The minimum Gasteiger partial charge on any atom is -0.453 e. The van der Waals surface area contributed by atoms with Crippen LogP contribution < -0.4 is 19.3 Å². The Balaban J connectivity index is 1.32. The molecule has 0 radical (unpaired) electrons. The molecule has 0 fully saturated rings. The van der Waals surface area contributed by atoms with Gasteiger partial charge in [0.25, 0.3) is 0 Å². The van der Waals surface area contributed by atoms with Gasteiger partial charge in [0, 0.05) is 10.8 Å². The maximum absolute atomic E-state index is 6.39. The van der Waals surface area contributed by atoms with E-state index >= 15 is 0 Å². The van der Waals surface area contributed by atoms with Crippen molar-refractivity contribution in [3.63, 3.8) is 0 Å². The SMILES string of the molecule is c1ccc2c(c1)Oc1ccccc1N2c1cc2cc(N3c4ccccc4Oc4ccccc43)c3ccccc3c2c2ccccc12. The van der Waals surface area contributed by atoms with Crippen LogP contribution in [0, 0.1) is 0 Å². The van der Waals surface area contributed by atoms with Gasteiger partial charge in [0.05, 0.1) is 34.1 Å². The van der Waals surface area contributed by atoms with Gasteiger partial charge in [-0.3, -0.25) is 0 Å². The maximum atomic E-state index is 6.39. The van der Waals surface area contributed by atoms with Gasteiger partial charge in [0.1, 0.15) is 0 Å². The second-order valence-electron chi connectivity index (χ2n) is 11.7. The van der Waals surface area contributed by atoms with Gasteiger partial charge >= 0.3 is 0 Å². The third kappa shape index (κ3) is 3.55. The molecule has 0 spiro atoms. The number of para-hydroxylation sites is 8. The van der Waals surface area contributed by atoms with Crippen LogP contribution in [-0.2, 0) is 0 Å². The molecule has 0 aliphatic carbocycles. The summed E-state index contributed by atoms with van der Waals surface area (Å²) in [6.07, 6.45) is 0. The van der Waals surface area contributed by atoms with Crippen LogP contribution in [0.2, 0.25) is 0 Å². The molecule has 0 bridgehead atoms. The molecule has 8 aromatic carbocycles. The number of hydrogen-bond acceptors (Lipinski definition) is 4. The van der Waals surface area contributed by atoms with Crippen LogP contribution >= 0.6 is 0 Å². The summed E-state index contributed by atoms with van der Waals surface area (Å²) in [5.74, 6) is 3.36. The van der Waals surface area contributed by atoms with Crippen LogP contribution in [0.15, 0.2) is 158 Å². The molecule has 4 heteroatoms. The summed E-state index contributed by atoms with van der Waals surface area (Å²) in [5.41, 5.74) is 6.28. The minimum atomic E-state index is 0.839. The van der Waals surface area contributed by atoms with Crippen LogP contribution in [0.5, 0.6) is 23.0 Å². The van der Waals surface area contributed by atoms with E-state index in [1.807, 2.05) is 48.5 Å². The highest BCUT2D eigenvalue weighted by atomic mass is 16.5. The number of rotatable bonds is 2. The van der Waals surface area contributed by atoms with E-state index in [9.17, 15) is 0 Å². The summed E-state index contributed by atoms with van der Waals surface area (Å²) < 4.78 is 12.8. The highest BCUT2D eigenvalue weighted by Gasteiger charge is 2.30. The lowest BCUT2D eigenvalue weighted by atomic mass is 9.92. The van der Waals surface area contributed by atoms with Gasteiger partial charge in [-0.1, -0.05) is 97.1 Å². The molecule has 4 nitrogen and oxygen atoms in total. The largest absolute Gasteiger partial charge is 0.453 e. The van der Waals surface area contributed by atoms with Crippen LogP contribution in [0.4, 0.5) is 34.1 Å². The van der Waals surface area contributed by atoms with Gasteiger partial charge in [-0.25, -0.2) is 0 Å². The first-order chi connectivity index (χ1) is 22.8. The predicted octanol–water partition coefficient (Wildman–Crippen LogP) is 12.3. The molecule has 0 amide bonds. The van der Waals surface area contributed by atoms with Crippen molar-refractivity contribution in [3.05, 3.63) is 158 Å². The first-order valence-electron chi connectivity index (χ1n) is 15.5. The van der Waals surface area contributed by atoms with Crippen molar-refractivity contribution in [2.45, 2.75) is 0 Å². The molecule has 0 saturated carbocycles. The third-order valence-electron chi connectivity index (χ3n) is 9.16. The Bertz CT molecular complexity index is 2260. The molecule has 0 N–H and O–H groups in total. The first-order valence-corrected chi connectivity index (χ1v) is 15.5. The molecular weight excluding hydrogens is 564 g/mol. The third-order valence-corrected chi connectivity index (χ3v) is 9.16. The summed E-state index contributed by atoms with van der Waals surface area (Å²) in [5, 5.41) is 7.18. The minimum absolute atomic E-state index is 0.839.